The molecule has 0 radical (unpaired) electrons. The second-order valence-corrected chi connectivity index (χ2v) is 15.6. The average Bonchev–Trinajstić information content (AvgIpc) is 3.69. The molecule has 0 saturated carbocycles. The van der Waals surface area contributed by atoms with Crippen LogP contribution in [0.15, 0.2) is 84.9 Å². The number of aliphatic hydroxyl groups excluding tert-OH is 2. The zero-order chi connectivity index (χ0) is 42.5. The van der Waals surface area contributed by atoms with E-state index in [1.165, 1.54) is 0 Å². The number of aliphatic hydroxyl groups is 2. The van der Waals surface area contributed by atoms with Crippen molar-refractivity contribution in [1.29, 1.82) is 0 Å². The number of piperazine rings is 1. The summed E-state index contributed by atoms with van der Waals surface area (Å²) in [5, 5.41) is 23.4. The zero-order valence-corrected chi connectivity index (χ0v) is 35.4. The monoisotopic (exact) mass is 816 g/mol. The lowest BCUT2D eigenvalue weighted by Crippen LogP contribution is -2.51. The van der Waals surface area contributed by atoms with Gasteiger partial charge in [0.25, 0.3) is 0 Å². The Morgan fingerprint density at radius 2 is 0.933 bits per heavy atom. The Hall–Kier alpha value is -5.66. The topological polar surface area (TPSA) is 128 Å². The van der Waals surface area contributed by atoms with Gasteiger partial charge in [-0.15, -0.1) is 0 Å². The van der Waals surface area contributed by atoms with Crippen molar-refractivity contribution in [3.63, 3.8) is 0 Å². The Morgan fingerprint density at radius 1 is 0.567 bits per heavy atom. The standard InChI is InChI=1S/C48H56N4O8/c1-7-57-47(55)45-33(5)51(35-13-9-31(3)10-14-35)43-19-17-39(25-41(43)45)59-29-37(53)27-49-21-23-50(24-22-49)28-38(54)30-60-40-18-20-44-42(26-40)46(48(56)58-8-2)34(6)52(44)36-15-11-32(4)12-16-36/h9-20,25-26,37-38,53-54H,7-8,21-24,27-30H2,1-6H3/t37-,38-/m0/s1. The van der Waals surface area contributed by atoms with Gasteiger partial charge in [-0.05, 0) is 102 Å². The van der Waals surface area contributed by atoms with Gasteiger partial charge < -0.3 is 38.3 Å². The van der Waals surface area contributed by atoms with Crippen molar-refractivity contribution in [2.75, 3.05) is 65.7 Å². The molecule has 12 heteroatoms. The van der Waals surface area contributed by atoms with Crippen molar-refractivity contribution < 1.29 is 38.7 Å². The Bertz CT molecular complexity index is 2270. The first-order valence-corrected chi connectivity index (χ1v) is 20.8. The largest absolute Gasteiger partial charge is 0.491 e. The number of nitrogens with zero attached hydrogens (tertiary/aromatic N) is 4. The molecule has 2 aromatic heterocycles. The number of aromatic nitrogens is 2. The summed E-state index contributed by atoms with van der Waals surface area (Å²) in [6.45, 7) is 16.1. The average molecular weight is 817 g/mol. The van der Waals surface area contributed by atoms with E-state index in [-0.39, 0.29) is 38.4 Å². The van der Waals surface area contributed by atoms with Crippen LogP contribution in [-0.2, 0) is 9.47 Å². The van der Waals surface area contributed by atoms with Gasteiger partial charge in [0.05, 0.1) is 35.4 Å². The summed E-state index contributed by atoms with van der Waals surface area (Å²) in [5.41, 5.74) is 8.50. The van der Waals surface area contributed by atoms with Gasteiger partial charge in [0.15, 0.2) is 0 Å². The molecule has 0 spiro atoms. The van der Waals surface area contributed by atoms with Crippen molar-refractivity contribution in [2.24, 2.45) is 0 Å². The van der Waals surface area contributed by atoms with Crippen LogP contribution in [0.25, 0.3) is 33.2 Å². The van der Waals surface area contributed by atoms with Gasteiger partial charge in [-0.25, -0.2) is 9.59 Å². The molecule has 1 aliphatic heterocycles. The van der Waals surface area contributed by atoms with E-state index in [0.717, 1.165) is 81.9 Å². The predicted molar refractivity (Wildman–Crippen MR) is 233 cm³/mol. The lowest BCUT2D eigenvalue weighted by Gasteiger charge is -2.36. The summed E-state index contributed by atoms with van der Waals surface area (Å²) >= 11 is 0. The number of rotatable bonds is 16. The summed E-state index contributed by atoms with van der Waals surface area (Å²) in [6.07, 6.45) is -1.46. The molecule has 0 unspecified atom stereocenters. The molecule has 3 heterocycles. The molecule has 0 aliphatic carbocycles. The van der Waals surface area contributed by atoms with Crippen LogP contribution >= 0.6 is 0 Å². The molecule has 4 aromatic carbocycles. The summed E-state index contributed by atoms with van der Waals surface area (Å²) < 4.78 is 27.2. The molecular formula is C48H56N4O8. The van der Waals surface area contributed by atoms with Crippen molar-refractivity contribution in [3.05, 3.63) is 119 Å². The van der Waals surface area contributed by atoms with E-state index in [0.29, 0.717) is 35.7 Å². The highest BCUT2D eigenvalue weighted by Gasteiger charge is 2.26. The Balaban J connectivity index is 0.915. The number of carbonyl (C=O) groups is 2. The number of hydrogen-bond donors (Lipinski definition) is 2. The minimum Gasteiger partial charge on any atom is -0.491 e. The maximum Gasteiger partial charge on any atom is 0.340 e. The number of aryl methyl sites for hydroxylation is 2. The number of benzene rings is 4. The van der Waals surface area contributed by atoms with Gasteiger partial charge in [0.1, 0.15) is 36.9 Å². The van der Waals surface area contributed by atoms with Crippen molar-refractivity contribution in [3.8, 4) is 22.9 Å². The van der Waals surface area contributed by atoms with Crippen molar-refractivity contribution >= 4 is 33.7 Å². The van der Waals surface area contributed by atoms with Crippen molar-refractivity contribution in [1.82, 2.24) is 18.9 Å². The van der Waals surface area contributed by atoms with Crippen LogP contribution in [-0.4, -0.2) is 119 Å². The highest BCUT2D eigenvalue weighted by molar-refractivity contribution is 6.08. The number of β-amino-alcohol motifs (C(OH)–C–C–N with tert-alkyl or cyclic N) is 2. The van der Waals surface area contributed by atoms with Crippen molar-refractivity contribution in [2.45, 2.75) is 53.8 Å². The van der Waals surface area contributed by atoms with Crippen LogP contribution in [0.1, 0.15) is 57.1 Å². The third kappa shape index (κ3) is 9.22. The normalized spacial score (nSPS) is 14.7. The Labute approximate surface area is 351 Å². The van der Waals surface area contributed by atoms with Crippen LogP contribution in [0, 0.1) is 27.7 Å². The van der Waals surface area contributed by atoms with Gasteiger partial charge in [-0.1, -0.05) is 35.4 Å². The molecule has 0 amide bonds. The fourth-order valence-electron chi connectivity index (χ4n) is 8.19. The summed E-state index contributed by atoms with van der Waals surface area (Å²) in [7, 11) is 0. The first-order chi connectivity index (χ1) is 28.9. The highest BCUT2D eigenvalue weighted by Crippen LogP contribution is 2.34. The third-order valence-corrected chi connectivity index (χ3v) is 11.2. The molecule has 0 bridgehead atoms. The van der Waals surface area contributed by atoms with Crippen LogP contribution in [0.5, 0.6) is 11.5 Å². The van der Waals surface area contributed by atoms with Gasteiger partial charge in [-0.2, -0.15) is 0 Å². The second-order valence-electron chi connectivity index (χ2n) is 15.6. The fraction of sp³-hybridized carbons (Fsp3) is 0.375. The Morgan fingerprint density at radius 3 is 1.28 bits per heavy atom. The molecule has 316 valence electrons. The van der Waals surface area contributed by atoms with Gasteiger partial charge in [0, 0.05) is 72.8 Å². The van der Waals surface area contributed by atoms with E-state index in [2.05, 4.69) is 18.9 Å². The molecule has 6 aromatic rings. The maximum atomic E-state index is 13.1. The van der Waals surface area contributed by atoms with Gasteiger partial charge in [0.2, 0.25) is 0 Å². The fourth-order valence-corrected chi connectivity index (χ4v) is 8.19. The molecule has 1 fully saturated rings. The second kappa shape index (κ2) is 18.7. The SMILES string of the molecule is CCOC(=O)c1c(C)n(-c2ccc(C)cc2)c2ccc(OC[C@@H](O)CN3CCN(C[C@H](O)COc4ccc5c(c4)c(C(=O)OCC)c(C)n5-c4ccc(C)cc4)CC3)cc12. The quantitative estimate of drug-likeness (QED) is 0.0991. The predicted octanol–water partition coefficient (Wildman–Crippen LogP) is 6.96. The van der Waals surface area contributed by atoms with Crippen LogP contribution < -0.4 is 9.47 Å². The van der Waals surface area contributed by atoms with Crippen LogP contribution in [0.2, 0.25) is 0 Å². The molecule has 2 N–H and O–H groups in total. The first kappa shape index (κ1) is 42.5. The number of ether oxygens (including phenoxy) is 4. The van der Waals surface area contributed by atoms with Crippen LogP contribution in [0.3, 0.4) is 0 Å². The maximum absolute atomic E-state index is 13.1. The highest BCUT2D eigenvalue weighted by atomic mass is 16.5. The molecular weight excluding hydrogens is 761 g/mol. The molecule has 2 atom stereocenters. The molecule has 7 rings (SSSR count). The summed E-state index contributed by atoms with van der Waals surface area (Å²) in [6, 6.07) is 27.6. The molecule has 60 heavy (non-hydrogen) atoms. The summed E-state index contributed by atoms with van der Waals surface area (Å²) in [4.78, 5) is 30.7. The van der Waals surface area contributed by atoms with Crippen LogP contribution in [0.4, 0.5) is 0 Å². The third-order valence-electron chi connectivity index (χ3n) is 11.2. The molecule has 1 aliphatic rings. The van der Waals surface area contributed by atoms with E-state index in [1.807, 2.05) is 113 Å². The minimum absolute atomic E-state index is 0.0947. The molecule has 12 nitrogen and oxygen atoms in total. The van der Waals surface area contributed by atoms with E-state index < -0.39 is 12.2 Å². The molecule has 1 saturated heterocycles. The first-order valence-electron chi connectivity index (χ1n) is 20.8. The summed E-state index contributed by atoms with van der Waals surface area (Å²) in [5.74, 6) is 0.352. The smallest absolute Gasteiger partial charge is 0.340 e. The van der Waals surface area contributed by atoms with E-state index >= 15 is 0 Å². The zero-order valence-electron chi connectivity index (χ0n) is 35.4. The minimum atomic E-state index is -0.728. The number of hydrogen-bond acceptors (Lipinski definition) is 10. The number of fused-ring (bicyclic) bond motifs is 2. The van der Waals surface area contributed by atoms with E-state index in [4.69, 9.17) is 18.9 Å². The van der Waals surface area contributed by atoms with E-state index in [9.17, 15) is 19.8 Å². The number of esters is 2. The van der Waals surface area contributed by atoms with Gasteiger partial charge >= 0.3 is 11.9 Å². The lowest BCUT2D eigenvalue weighted by atomic mass is 10.1. The number of carbonyl (C=O) groups excluding carboxylic acids is 2. The Kier molecular flexibility index (Phi) is 13.3. The lowest BCUT2D eigenvalue weighted by molar-refractivity contribution is 0.0241. The van der Waals surface area contributed by atoms with Gasteiger partial charge in [-0.3, -0.25) is 9.80 Å². The van der Waals surface area contributed by atoms with E-state index in [1.54, 1.807) is 13.8 Å².